The molecule has 0 spiro atoms. The maximum Gasteiger partial charge on any atom is 0.166 e. The average molecular weight is 252 g/mol. The predicted molar refractivity (Wildman–Crippen MR) is 72.2 cm³/mol. The molecule has 18 heavy (non-hydrogen) atoms. The van der Waals surface area contributed by atoms with E-state index in [1.54, 1.807) is 7.11 Å². The zero-order valence-corrected chi connectivity index (χ0v) is 12.1. The normalized spacial score (nSPS) is 12.7. The molecule has 0 bridgehead atoms. The molecule has 1 heterocycles. The van der Waals surface area contributed by atoms with Crippen LogP contribution in [0.4, 0.5) is 0 Å². The molecule has 1 unspecified atom stereocenters. The van der Waals surface area contributed by atoms with Gasteiger partial charge >= 0.3 is 0 Å². The molecule has 4 nitrogen and oxygen atoms in total. The van der Waals surface area contributed by atoms with Gasteiger partial charge in [-0.15, -0.1) is 0 Å². The minimum Gasteiger partial charge on any atom is -0.382 e. The molecule has 0 aliphatic rings. The summed E-state index contributed by atoms with van der Waals surface area (Å²) in [6.07, 6.45) is 2.15. The van der Waals surface area contributed by atoms with Gasteiger partial charge in [0.15, 0.2) is 5.78 Å². The van der Waals surface area contributed by atoms with E-state index in [1.807, 2.05) is 18.5 Å². The Balaban J connectivity index is 3.28. The lowest BCUT2D eigenvalue weighted by molar-refractivity contribution is 0.0986. The molecule has 0 saturated heterocycles. The summed E-state index contributed by atoms with van der Waals surface area (Å²) in [5.74, 6) is 0.194. The molecule has 1 aromatic rings. The van der Waals surface area contributed by atoms with Crippen molar-refractivity contribution in [3.63, 3.8) is 0 Å². The van der Waals surface area contributed by atoms with Crippen molar-refractivity contribution in [3.05, 3.63) is 17.0 Å². The highest BCUT2D eigenvalue weighted by molar-refractivity contribution is 5.98. The molecule has 0 fully saturated rings. The van der Waals surface area contributed by atoms with Crippen LogP contribution >= 0.6 is 0 Å². The Hall–Kier alpha value is -1.16. The lowest BCUT2D eigenvalue weighted by Gasteiger charge is -2.14. The molecule has 0 aromatic carbocycles. The highest BCUT2D eigenvalue weighted by Crippen LogP contribution is 2.21. The van der Waals surface area contributed by atoms with E-state index < -0.39 is 0 Å². The van der Waals surface area contributed by atoms with Crippen molar-refractivity contribution in [2.24, 2.45) is 0 Å². The third kappa shape index (κ3) is 2.80. The Kier molecular flexibility index (Phi) is 5.54. The zero-order chi connectivity index (χ0) is 13.7. The molecule has 4 heteroatoms. The summed E-state index contributed by atoms with van der Waals surface area (Å²) in [6, 6.07) is 0.161. The van der Waals surface area contributed by atoms with Crippen molar-refractivity contribution in [2.75, 3.05) is 13.7 Å². The van der Waals surface area contributed by atoms with Crippen LogP contribution in [0.25, 0.3) is 0 Å². The van der Waals surface area contributed by atoms with Crippen LogP contribution < -0.4 is 0 Å². The highest BCUT2D eigenvalue weighted by Gasteiger charge is 2.22. The fourth-order valence-electron chi connectivity index (χ4n) is 2.28. The number of ether oxygens (including phenoxy) is 1. The van der Waals surface area contributed by atoms with Crippen molar-refractivity contribution in [1.82, 2.24) is 9.78 Å². The largest absolute Gasteiger partial charge is 0.382 e. The van der Waals surface area contributed by atoms with Crippen molar-refractivity contribution >= 4 is 5.78 Å². The average Bonchev–Trinajstić information content (AvgIpc) is 2.76. The summed E-state index contributed by atoms with van der Waals surface area (Å²) in [6.45, 7) is 8.68. The van der Waals surface area contributed by atoms with Crippen molar-refractivity contribution in [3.8, 4) is 0 Å². The van der Waals surface area contributed by atoms with Gasteiger partial charge in [0.1, 0.15) is 0 Å². The van der Waals surface area contributed by atoms with Crippen LogP contribution in [0.1, 0.15) is 61.9 Å². The summed E-state index contributed by atoms with van der Waals surface area (Å²) in [7, 11) is 1.68. The first-order valence-corrected chi connectivity index (χ1v) is 6.72. The summed E-state index contributed by atoms with van der Waals surface area (Å²) in [4.78, 5) is 12.1. The summed E-state index contributed by atoms with van der Waals surface area (Å²) < 4.78 is 7.14. The SMILES string of the molecule is CCC(=O)c1c(CC)nn(C(C)COC)c1CC. The van der Waals surface area contributed by atoms with Gasteiger partial charge in [0.25, 0.3) is 0 Å². The third-order valence-corrected chi connectivity index (χ3v) is 3.18. The number of carbonyl (C=O) groups excluding carboxylic acids is 1. The number of aromatic nitrogens is 2. The maximum atomic E-state index is 12.1. The van der Waals surface area contributed by atoms with Gasteiger partial charge in [0.05, 0.1) is 23.9 Å². The van der Waals surface area contributed by atoms with Gasteiger partial charge in [-0.1, -0.05) is 20.8 Å². The second kappa shape index (κ2) is 6.69. The van der Waals surface area contributed by atoms with Gasteiger partial charge in [0.2, 0.25) is 0 Å². The Bertz CT molecular complexity index is 410. The van der Waals surface area contributed by atoms with E-state index in [4.69, 9.17) is 4.74 Å². The molecule has 102 valence electrons. The van der Waals surface area contributed by atoms with Gasteiger partial charge < -0.3 is 4.74 Å². The smallest absolute Gasteiger partial charge is 0.166 e. The Morgan fingerprint density at radius 2 is 2.00 bits per heavy atom. The Labute approximate surface area is 109 Å². The maximum absolute atomic E-state index is 12.1. The zero-order valence-electron chi connectivity index (χ0n) is 12.1. The van der Waals surface area contributed by atoms with E-state index in [9.17, 15) is 4.79 Å². The fraction of sp³-hybridized carbons (Fsp3) is 0.714. The van der Waals surface area contributed by atoms with Crippen molar-refractivity contribution in [2.45, 2.75) is 53.0 Å². The molecule has 0 aliphatic heterocycles. The van der Waals surface area contributed by atoms with E-state index in [-0.39, 0.29) is 11.8 Å². The van der Waals surface area contributed by atoms with Gasteiger partial charge in [-0.3, -0.25) is 9.48 Å². The first-order chi connectivity index (χ1) is 8.60. The van der Waals surface area contributed by atoms with Crippen molar-refractivity contribution < 1.29 is 9.53 Å². The minimum atomic E-state index is 0.161. The van der Waals surface area contributed by atoms with E-state index in [0.29, 0.717) is 13.0 Å². The van der Waals surface area contributed by atoms with Crippen LogP contribution in [0, 0.1) is 0 Å². The lowest BCUT2D eigenvalue weighted by atomic mass is 10.0. The number of rotatable bonds is 7. The quantitative estimate of drug-likeness (QED) is 0.701. The summed E-state index contributed by atoms with van der Waals surface area (Å²) in [5, 5.41) is 4.60. The van der Waals surface area contributed by atoms with Gasteiger partial charge in [0, 0.05) is 19.2 Å². The van der Waals surface area contributed by atoms with E-state index >= 15 is 0 Å². The predicted octanol–water partition coefficient (Wildman–Crippen LogP) is 2.81. The minimum absolute atomic E-state index is 0.161. The molecule has 0 radical (unpaired) electrons. The second-order valence-corrected chi connectivity index (χ2v) is 4.50. The molecule has 0 saturated carbocycles. The number of hydrogen-bond acceptors (Lipinski definition) is 3. The third-order valence-electron chi connectivity index (χ3n) is 3.18. The molecule has 0 N–H and O–H groups in total. The molecule has 1 aromatic heterocycles. The van der Waals surface area contributed by atoms with Crippen molar-refractivity contribution in [1.29, 1.82) is 0 Å². The van der Waals surface area contributed by atoms with Gasteiger partial charge in [-0.2, -0.15) is 5.10 Å². The number of hydrogen-bond donors (Lipinski definition) is 0. The molecule has 1 atom stereocenters. The van der Waals surface area contributed by atoms with Crippen LogP contribution in [-0.4, -0.2) is 29.3 Å². The highest BCUT2D eigenvalue weighted by atomic mass is 16.5. The second-order valence-electron chi connectivity index (χ2n) is 4.50. The number of methoxy groups -OCH3 is 1. The number of Topliss-reactive ketones (excluding diaryl/α,β-unsaturated/α-hetero) is 1. The molecular weight excluding hydrogens is 228 g/mol. The number of nitrogens with zero attached hydrogens (tertiary/aromatic N) is 2. The van der Waals surface area contributed by atoms with Crippen LogP contribution in [0.5, 0.6) is 0 Å². The topological polar surface area (TPSA) is 44.1 Å². The van der Waals surface area contributed by atoms with Crippen LogP contribution in [0.3, 0.4) is 0 Å². The number of ketones is 1. The van der Waals surface area contributed by atoms with E-state index in [2.05, 4.69) is 18.9 Å². The van der Waals surface area contributed by atoms with Gasteiger partial charge in [-0.05, 0) is 19.8 Å². The molecular formula is C14H24N2O2. The molecule has 0 amide bonds. The van der Waals surface area contributed by atoms with Crippen LogP contribution in [0.15, 0.2) is 0 Å². The monoisotopic (exact) mass is 252 g/mol. The lowest BCUT2D eigenvalue weighted by Crippen LogP contribution is -2.16. The van der Waals surface area contributed by atoms with Crippen LogP contribution in [-0.2, 0) is 17.6 Å². The standard InChI is InChI=1S/C14H24N2O2/c1-6-11-14(13(17)8-3)12(7-2)16(15-11)10(4)9-18-5/h10H,6-9H2,1-5H3. The molecule has 1 rings (SSSR count). The number of aryl methyl sites for hydroxylation is 1. The first-order valence-electron chi connectivity index (χ1n) is 6.72. The first kappa shape index (κ1) is 14.9. The Morgan fingerprint density at radius 3 is 2.44 bits per heavy atom. The van der Waals surface area contributed by atoms with E-state index in [0.717, 1.165) is 29.8 Å². The molecule has 0 aliphatic carbocycles. The fourth-order valence-corrected chi connectivity index (χ4v) is 2.28. The summed E-state index contributed by atoms with van der Waals surface area (Å²) >= 11 is 0. The number of carbonyl (C=O) groups is 1. The summed E-state index contributed by atoms with van der Waals surface area (Å²) in [5.41, 5.74) is 2.80. The van der Waals surface area contributed by atoms with E-state index in [1.165, 1.54) is 0 Å². The van der Waals surface area contributed by atoms with Gasteiger partial charge in [-0.25, -0.2) is 0 Å². The van der Waals surface area contributed by atoms with Crippen LogP contribution in [0.2, 0.25) is 0 Å². The Morgan fingerprint density at radius 1 is 1.33 bits per heavy atom.